The molecule has 1 aliphatic heterocycles. The predicted molar refractivity (Wildman–Crippen MR) is 125 cm³/mol. The first-order valence-corrected chi connectivity index (χ1v) is 11.7. The van der Waals surface area contributed by atoms with Gasteiger partial charge in [0.25, 0.3) is 10.0 Å². The average molecular weight is 466 g/mol. The lowest BCUT2D eigenvalue weighted by molar-refractivity contribution is -0.119. The van der Waals surface area contributed by atoms with Crippen LogP contribution in [0.4, 0.5) is 16.2 Å². The number of rotatable bonds is 6. The van der Waals surface area contributed by atoms with Crippen molar-refractivity contribution in [2.45, 2.75) is 18.4 Å². The smallest absolute Gasteiger partial charge is 0.343 e. The van der Waals surface area contributed by atoms with Crippen molar-refractivity contribution in [3.05, 3.63) is 83.9 Å². The molecule has 170 valence electrons. The second kappa shape index (κ2) is 8.95. The number of amides is 3. The van der Waals surface area contributed by atoms with E-state index in [0.717, 1.165) is 15.4 Å². The number of methoxy groups -OCH3 is 1. The number of fused-ring (bicyclic) bond motifs is 1. The zero-order chi connectivity index (χ0) is 23.6. The van der Waals surface area contributed by atoms with Crippen molar-refractivity contribution < 1.29 is 22.7 Å². The molecular formula is C24H23N3O5S. The minimum atomic E-state index is -4.13. The fourth-order valence-corrected chi connectivity index (χ4v) is 5.17. The number of ether oxygens (including phenoxy) is 1. The Morgan fingerprint density at radius 1 is 1.00 bits per heavy atom. The van der Waals surface area contributed by atoms with Gasteiger partial charge in [0, 0.05) is 6.54 Å². The van der Waals surface area contributed by atoms with Crippen molar-refractivity contribution in [1.82, 2.24) is 5.32 Å². The molecular weight excluding hydrogens is 442 g/mol. The molecule has 3 aromatic rings. The highest BCUT2D eigenvalue weighted by atomic mass is 32.2. The largest absolute Gasteiger partial charge is 0.497 e. The Bertz CT molecular complexity index is 1310. The van der Waals surface area contributed by atoms with Crippen LogP contribution in [-0.4, -0.2) is 34.0 Å². The Kier molecular flexibility index (Phi) is 6.06. The van der Waals surface area contributed by atoms with Gasteiger partial charge in [0.15, 0.2) is 0 Å². The van der Waals surface area contributed by atoms with Crippen LogP contribution >= 0.6 is 0 Å². The van der Waals surface area contributed by atoms with Crippen LogP contribution in [0.2, 0.25) is 0 Å². The van der Waals surface area contributed by atoms with E-state index in [2.05, 4.69) is 5.32 Å². The molecule has 0 radical (unpaired) electrons. The highest BCUT2D eigenvalue weighted by Gasteiger charge is 2.42. The topological polar surface area (TPSA) is 96.0 Å². The van der Waals surface area contributed by atoms with Crippen molar-refractivity contribution in [1.29, 1.82) is 0 Å². The molecule has 0 spiro atoms. The molecule has 0 bridgehead atoms. The van der Waals surface area contributed by atoms with Gasteiger partial charge in [0.1, 0.15) is 17.2 Å². The van der Waals surface area contributed by atoms with Crippen molar-refractivity contribution in [2.75, 3.05) is 22.9 Å². The van der Waals surface area contributed by atoms with Gasteiger partial charge >= 0.3 is 6.03 Å². The highest BCUT2D eigenvalue weighted by Crippen LogP contribution is 2.37. The Labute approximate surface area is 192 Å². The molecule has 1 heterocycles. The van der Waals surface area contributed by atoms with Gasteiger partial charge in [-0.3, -0.25) is 9.69 Å². The van der Waals surface area contributed by atoms with E-state index in [1.807, 2.05) is 19.1 Å². The van der Waals surface area contributed by atoms with Crippen molar-refractivity contribution in [2.24, 2.45) is 0 Å². The zero-order valence-corrected chi connectivity index (χ0v) is 19.0. The number of carbonyl (C=O) groups is 2. The number of hydrogen-bond donors (Lipinski definition) is 1. The molecule has 1 aliphatic rings. The second-order valence-electron chi connectivity index (χ2n) is 7.57. The molecule has 0 saturated carbocycles. The third kappa shape index (κ3) is 4.40. The van der Waals surface area contributed by atoms with Crippen molar-refractivity contribution in [3.63, 3.8) is 0 Å². The van der Waals surface area contributed by atoms with Crippen LogP contribution in [0.15, 0.2) is 77.7 Å². The van der Waals surface area contributed by atoms with Crippen LogP contribution in [0.3, 0.4) is 0 Å². The number of anilines is 2. The second-order valence-corrected chi connectivity index (χ2v) is 9.32. The monoisotopic (exact) mass is 465 g/mol. The molecule has 0 saturated heterocycles. The first-order chi connectivity index (χ1) is 15.8. The van der Waals surface area contributed by atoms with E-state index in [1.54, 1.807) is 55.6 Å². The van der Waals surface area contributed by atoms with E-state index in [9.17, 15) is 18.0 Å². The van der Waals surface area contributed by atoms with Crippen LogP contribution in [0.5, 0.6) is 5.75 Å². The summed E-state index contributed by atoms with van der Waals surface area (Å²) in [7, 11) is -2.57. The molecule has 3 aromatic carbocycles. The van der Waals surface area contributed by atoms with Gasteiger partial charge in [-0.2, -0.15) is 4.31 Å². The quantitative estimate of drug-likeness (QED) is 0.602. The van der Waals surface area contributed by atoms with E-state index in [-0.39, 0.29) is 29.4 Å². The third-order valence-electron chi connectivity index (χ3n) is 5.27. The minimum Gasteiger partial charge on any atom is -0.497 e. The van der Waals surface area contributed by atoms with E-state index in [4.69, 9.17) is 4.74 Å². The lowest BCUT2D eigenvalue weighted by Gasteiger charge is -2.35. The van der Waals surface area contributed by atoms with E-state index >= 15 is 0 Å². The number of carbonyl (C=O) groups excluding carboxylic acids is 2. The summed E-state index contributed by atoms with van der Waals surface area (Å²) < 4.78 is 32.5. The number of nitrogens with one attached hydrogen (secondary N) is 1. The maximum Gasteiger partial charge on any atom is 0.343 e. The number of hydrogen-bond acceptors (Lipinski definition) is 5. The normalized spacial score (nSPS) is 14.5. The maximum atomic E-state index is 13.4. The Hall–Kier alpha value is -3.85. The van der Waals surface area contributed by atoms with Gasteiger partial charge in [-0.1, -0.05) is 42.0 Å². The van der Waals surface area contributed by atoms with Gasteiger partial charge in [-0.15, -0.1) is 0 Å². The summed E-state index contributed by atoms with van der Waals surface area (Å²) in [6, 6.07) is 19.2. The molecule has 8 nitrogen and oxygen atoms in total. The first kappa shape index (κ1) is 22.3. The van der Waals surface area contributed by atoms with Gasteiger partial charge in [0.05, 0.1) is 18.5 Å². The number of para-hydroxylation sites is 1. The van der Waals surface area contributed by atoms with Crippen molar-refractivity contribution >= 4 is 33.3 Å². The van der Waals surface area contributed by atoms with Gasteiger partial charge in [-0.05, 0) is 48.9 Å². The lowest BCUT2D eigenvalue weighted by Crippen LogP contribution is -2.53. The van der Waals surface area contributed by atoms with E-state index in [1.165, 1.54) is 17.0 Å². The molecule has 0 fully saturated rings. The van der Waals surface area contributed by atoms with Crippen LogP contribution in [0.25, 0.3) is 0 Å². The number of urea groups is 1. The Morgan fingerprint density at radius 2 is 1.73 bits per heavy atom. The number of nitrogens with zero attached hydrogens (tertiary/aromatic N) is 2. The molecule has 3 amide bonds. The summed E-state index contributed by atoms with van der Waals surface area (Å²) in [4.78, 5) is 27.2. The average Bonchev–Trinajstić information content (AvgIpc) is 2.82. The van der Waals surface area contributed by atoms with Crippen LogP contribution in [0.1, 0.15) is 11.1 Å². The number of benzene rings is 3. The van der Waals surface area contributed by atoms with E-state index < -0.39 is 22.0 Å². The summed E-state index contributed by atoms with van der Waals surface area (Å²) in [5.41, 5.74) is 2.14. The fourth-order valence-electron chi connectivity index (χ4n) is 3.58. The van der Waals surface area contributed by atoms with Crippen molar-refractivity contribution in [3.8, 4) is 5.75 Å². The standard InChI is InChI=1S/C24H23N3O5S/c1-17-10-12-19(13-11-17)27-24(29)26(21-8-3-4-9-22(21)33(27,30)31)16-23(28)25-15-18-6-5-7-20(14-18)32-2/h3-14H,15-16H2,1-2H3,(H,25,28). The molecule has 0 aliphatic carbocycles. The van der Waals surface area contributed by atoms with Crippen LogP contribution < -0.4 is 19.3 Å². The third-order valence-corrected chi connectivity index (χ3v) is 7.02. The summed E-state index contributed by atoms with van der Waals surface area (Å²) in [6.07, 6.45) is 0. The van der Waals surface area contributed by atoms with Gasteiger partial charge in [0.2, 0.25) is 5.91 Å². The summed E-state index contributed by atoms with van der Waals surface area (Å²) >= 11 is 0. The first-order valence-electron chi connectivity index (χ1n) is 10.2. The Morgan fingerprint density at radius 3 is 2.45 bits per heavy atom. The van der Waals surface area contributed by atoms with Crippen LogP contribution in [0, 0.1) is 6.92 Å². The fraction of sp³-hybridized carbons (Fsp3) is 0.167. The molecule has 0 aromatic heterocycles. The van der Waals surface area contributed by atoms with E-state index in [0.29, 0.717) is 5.75 Å². The zero-order valence-electron chi connectivity index (χ0n) is 18.2. The van der Waals surface area contributed by atoms with Gasteiger partial charge in [-0.25, -0.2) is 13.2 Å². The predicted octanol–water partition coefficient (Wildman–Crippen LogP) is 3.46. The summed E-state index contributed by atoms with van der Waals surface area (Å²) in [6.45, 7) is 1.77. The maximum absolute atomic E-state index is 13.4. The molecule has 33 heavy (non-hydrogen) atoms. The van der Waals surface area contributed by atoms with Gasteiger partial charge < -0.3 is 10.1 Å². The lowest BCUT2D eigenvalue weighted by atomic mass is 10.2. The molecule has 0 unspecified atom stereocenters. The molecule has 4 rings (SSSR count). The minimum absolute atomic E-state index is 0.0363. The molecule has 9 heteroatoms. The molecule has 0 atom stereocenters. The summed E-state index contributed by atoms with van der Waals surface area (Å²) in [5.74, 6) is 0.241. The van der Waals surface area contributed by atoms with Crippen LogP contribution in [-0.2, 0) is 21.4 Å². The number of aryl methyl sites for hydroxylation is 1. The Balaban J connectivity index is 1.62. The SMILES string of the molecule is COc1cccc(CNC(=O)CN2C(=O)N(c3ccc(C)cc3)S(=O)(=O)c3ccccc32)c1. The summed E-state index contributed by atoms with van der Waals surface area (Å²) in [5, 5.41) is 2.78. The number of sulfonamides is 1. The highest BCUT2D eigenvalue weighted by molar-refractivity contribution is 7.94. The molecule has 1 N–H and O–H groups in total.